The van der Waals surface area contributed by atoms with E-state index in [1.54, 1.807) is 6.08 Å². The molecule has 1 saturated carbocycles. The van der Waals surface area contributed by atoms with Gasteiger partial charge in [0.2, 0.25) is 10.0 Å². The van der Waals surface area contributed by atoms with E-state index in [4.69, 9.17) is 0 Å². The lowest BCUT2D eigenvalue weighted by Crippen LogP contribution is -2.22. The molecule has 1 aliphatic rings. The predicted molar refractivity (Wildman–Crippen MR) is 114 cm³/mol. The van der Waals surface area contributed by atoms with Crippen LogP contribution in [0.1, 0.15) is 43.8 Å². The monoisotopic (exact) mass is 451 g/mol. The minimum atomic E-state index is -3.78. The Labute approximate surface area is 180 Å². The number of nitro groups is 1. The lowest BCUT2D eigenvalue weighted by Gasteiger charge is -2.21. The number of sulfonamides is 1. The van der Waals surface area contributed by atoms with E-state index in [0.717, 1.165) is 53.6 Å². The first-order valence-corrected chi connectivity index (χ1v) is 11.9. The molecule has 30 heavy (non-hydrogen) atoms. The Morgan fingerprint density at radius 3 is 2.60 bits per heavy atom. The van der Waals surface area contributed by atoms with Crippen molar-refractivity contribution in [3.05, 3.63) is 46.8 Å². The molecule has 9 nitrogen and oxygen atoms in total. The van der Waals surface area contributed by atoms with Crippen LogP contribution >= 0.6 is 11.8 Å². The second-order valence-corrected chi connectivity index (χ2v) is 10.5. The molecule has 1 heterocycles. The van der Waals surface area contributed by atoms with Gasteiger partial charge in [-0.15, -0.1) is 16.8 Å². The Balaban J connectivity index is 1.98. The molecule has 0 radical (unpaired) electrons. The molecule has 1 aliphatic carbocycles. The molecule has 0 bridgehead atoms. The fourth-order valence-electron chi connectivity index (χ4n) is 3.53. The zero-order valence-electron chi connectivity index (χ0n) is 17.0. The van der Waals surface area contributed by atoms with Crippen LogP contribution in [0.2, 0.25) is 0 Å². The number of nitrogens with zero attached hydrogens (tertiary/aromatic N) is 5. The number of benzene rings is 1. The smallest absolute Gasteiger partial charge is 0.284 e. The highest BCUT2D eigenvalue weighted by molar-refractivity contribution is 7.99. The molecule has 0 atom stereocenters. The van der Waals surface area contributed by atoms with Crippen molar-refractivity contribution >= 4 is 27.5 Å². The first kappa shape index (κ1) is 22.4. The molecule has 1 aromatic heterocycles. The van der Waals surface area contributed by atoms with E-state index in [2.05, 4.69) is 16.8 Å². The van der Waals surface area contributed by atoms with E-state index < -0.39 is 14.9 Å². The summed E-state index contributed by atoms with van der Waals surface area (Å²) in [5, 5.41) is 20.8. The summed E-state index contributed by atoms with van der Waals surface area (Å²) in [5.41, 5.74) is -0.282. The van der Waals surface area contributed by atoms with Crippen LogP contribution in [0.5, 0.6) is 0 Å². The SMILES string of the molecule is C=CCn1c(Sc2ccc(S(=O)(=O)N(C)C)cc2[N+](=O)[O-])nnc1C1CCCCC1. The summed E-state index contributed by atoms with van der Waals surface area (Å²) in [4.78, 5) is 11.3. The molecular formula is C19H25N5O4S2. The van der Waals surface area contributed by atoms with E-state index in [-0.39, 0.29) is 10.6 Å². The van der Waals surface area contributed by atoms with Crippen molar-refractivity contribution in [3.8, 4) is 0 Å². The highest BCUT2D eigenvalue weighted by Gasteiger charge is 2.27. The van der Waals surface area contributed by atoms with Crippen molar-refractivity contribution in [1.82, 2.24) is 19.1 Å². The van der Waals surface area contributed by atoms with Crippen LogP contribution in [0, 0.1) is 10.1 Å². The topological polar surface area (TPSA) is 111 Å². The van der Waals surface area contributed by atoms with Gasteiger partial charge < -0.3 is 4.57 Å². The maximum absolute atomic E-state index is 12.4. The summed E-state index contributed by atoms with van der Waals surface area (Å²) in [6.07, 6.45) is 7.39. The number of hydrogen-bond donors (Lipinski definition) is 0. The molecule has 1 fully saturated rings. The van der Waals surface area contributed by atoms with Crippen molar-refractivity contribution in [2.24, 2.45) is 0 Å². The van der Waals surface area contributed by atoms with Gasteiger partial charge in [0.25, 0.3) is 5.69 Å². The lowest BCUT2D eigenvalue weighted by molar-refractivity contribution is -0.388. The highest BCUT2D eigenvalue weighted by Crippen LogP contribution is 2.38. The summed E-state index contributed by atoms with van der Waals surface area (Å²) < 4.78 is 27.7. The van der Waals surface area contributed by atoms with Crippen LogP contribution in [-0.4, -0.2) is 46.5 Å². The zero-order valence-corrected chi connectivity index (χ0v) is 18.7. The largest absolute Gasteiger partial charge is 0.302 e. The molecule has 11 heteroatoms. The summed E-state index contributed by atoms with van der Waals surface area (Å²) in [6.45, 7) is 4.31. The second kappa shape index (κ2) is 9.27. The Hall–Kier alpha value is -2.24. The van der Waals surface area contributed by atoms with Crippen molar-refractivity contribution in [2.45, 2.75) is 59.5 Å². The molecule has 3 rings (SSSR count). The number of aromatic nitrogens is 3. The summed E-state index contributed by atoms with van der Waals surface area (Å²) >= 11 is 1.11. The molecule has 1 aromatic carbocycles. The Morgan fingerprint density at radius 1 is 1.30 bits per heavy atom. The molecule has 0 spiro atoms. The normalized spacial score (nSPS) is 15.4. The van der Waals surface area contributed by atoms with Gasteiger partial charge in [-0.25, -0.2) is 12.7 Å². The molecule has 0 N–H and O–H groups in total. The van der Waals surface area contributed by atoms with Crippen LogP contribution < -0.4 is 0 Å². The van der Waals surface area contributed by atoms with E-state index in [9.17, 15) is 18.5 Å². The summed E-state index contributed by atoms with van der Waals surface area (Å²) in [6, 6.07) is 3.92. The molecule has 2 aromatic rings. The highest BCUT2D eigenvalue weighted by atomic mass is 32.2. The molecule has 0 saturated heterocycles. The number of allylic oxidation sites excluding steroid dienone is 1. The van der Waals surface area contributed by atoms with Gasteiger partial charge in [-0.3, -0.25) is 10.1 Å². The standard InChI is InChI=1S/C19H25N5O4S2/c1-4-12-23-18(14-8-6-5-7-9-14)20-21-19(23)29-17-11-10-15(13-16(17)24(25)26)30(27,28)22(2)3/h4,10-11,13-14H,1,5-9,12H2,2-3H3. The van der Waals surface area contributed by atoms with Crippen LogP contribution in [0.4, 0.5) is 5.69 Å². The third-order valence-electron chi connectivity index (χ3n) is 5.13. The van der Waals surface area contributed by atoms with Gasteiger partial charge in [-0.1, -0.05) is 25.3 Å². The van der Waals surface area contributed by atoms with Gasteiger partial charge in [-0.2, -0.15) is 0 Å². The van der Waals surface area contributed by atoms with Crippen molar-refractivity contribution in [3.63, 3.8) is 0 Å². The van der Waals surface area contributed by atoms with E-state index in [1.165, 1.54) is 32.6 Å². The van der Waals surface area contributed by atoms with Gasteiger partial charge in [0.05, 0.1) is 14.7 Å². The predicted octanol–water partition coefficient (Wildman–Crippen LogP) is 3.82. The minimum Gasteiger partial charge on any atom is -0.302 e. The van der Waals surface area contributed by atoms with Crippen LogP contribution in [0.15, 0.2) is 45.8 Å². The van der Waals surface area contributed by atoms with Gasteiger partial charge in [0.1, 0.15) is 5.82 Å². The average molecular weight is 452 g/mol. The quantitative estimate of drug-likeness (QED) is 0.341. The number of hydrogen-bond acceptors (Lipinski definition) is 7. The van der Waals surface area contributed by atoms with Gasteiger partial charge in [0.15, 0.2) is 5.16 Å². The van der Waals surface area contributed by atoms with Gasteiger partial charge in [0, 0.05) is 32.6 Å². The Bertz CT molecular complexity index is 1040. The maximum atomic E-state index is 12.4. The first-order valence-electron chi connectivity index (χ1n) is 9.68. The van der Waals surface area contributed by atoms with E-state index in [0.29, 0.717) is 22.5 Å². The van der Waals surface area contributed by atoms with E-state index in [1.807, 2.05) is 4.57 Å². The Kier molecular flexibility index (Phi) is 6.94. The van der Waals surface area contributed by atoms with Crippen molar-refractivity contribution in [1.29, 1.82) is 0 Å². The third-order valence-corrected chi connectivity index (χ3v) is 8.00. The molecule has 0 aliphatic heterocycles. The van der Waals surface area contributed by atoms with Crippen LogP contribution in [-0.2, 0) is 16.6 Å². The van der Waals surface area contributed by atoms with Gasteiger partial charge in [-0.05, 0) is 36.7 Å². The second-order valence-electron chi connectivity index (χ2n) is 7.35. The fraction of sp³-hybridized carbons (Fsp3) is 0.474. The molecule has 0 amide bonds. The molecule has 162 valence electrons. The number of nitro benzene ring substituents is 1. The number of rotatable bonds is 8. The fourth-order valence-corrected chi connectivity index (χ4v) is 5.39. The lowest BCUT2D eigenvalue weighted by atomic mass is 9.89. The van der Waals surface area contributed by atoms with Gasteiger partial charge >= 0.3 is 0 Å². The van der Waals surface area contributed by atoms with Crippen LogP contribution in [0.25, 0.3) is 0 Å². The third kappa shape index (κ3) is 4.57. The minimum absolute atomic E-state index is 0.126. The zero-order chi connectivity index (χ0) is 21.9. The average Bonchev–Trinajstić information content (AvgIpc) is 3.11. The maximum Gasteiger partial charge on any atom is 0.284 e. The van der Waals surface area contributed by atoms with Crippen molar-refractivity contribution in [2.75, 3.05) is 14.1 Å². The molecule has 0 unspecified atom stereocenters. The first-order chi connectivity index (χ1) is 14.3. The van der Waals surface area contributed by atoms with Crippen LogP contribution in [0.3, 0.4) is 0 Å². The Morgan fingerprint density at radius 2 is 2.00 bits per heavy atom. The summed E-state index contributed by atoms with van der Waals surface area (Å²) in [7, 11) is -1.01. The van der Waals surface area contributed by atoms with E-state index >= 15 is 0 Å². The van der Waals surface area contributed by atoms with Crippen molar-refractivity contribution < 1.29 is 13.3 Å². The molecular weight excluding hydrogens is 426 g/mol. The summed E-state index contributed by atoms with van der Waals surface area (Å²) in [5.74, 6) is 1.20.